The van der Waals surface area contributed by atoms with E-state index >= 15 is 0 Å². The van der Waals surface area contributed by atoms with Gasteiger partial charge in [0.05, 0.1) is 11.9 Å². The van der Waals surface area contributed by atoms with Crippen LogP contribution in [0.15, 0.2) is 78.9 Å². The van der Waals surface area contributed by atoms with Gasteiger partial charge in [-0.25, -0.2) is 8.42 Å². The third kappa shape index (κ3) is 8.18. The van der Waals surface area contributed by atoms with Gasteiger partial charge in [-0.05, 0) is 49.1 Å². The molecule has 7 nitrogen and oxygen atoms in total. The Morgan fingerprint density at radius 3 is 2.11 bits per heavy atom. The molecule has 38 heavy (non-hydrogen) atoms. The number of hydrogen-bond acceptors (Lipinski definition) is 4. The van der Waals surface area contributed by atoms with Gasteiger partial charge in [0, 0.05) is 19.5 Å². The van der Waals surface area contributed by atoms with Crippen molar-refractivity contribution in [1.29, 1.82) is 0 Å². The number of nitrogens with zero attached hydrogens (tertiary/aromatic N) is 2. The predicted molar refractivity (Wildman–Crippen MR) is 152 cm³/mol. The normalized spacial score (nSPS) is 12.0. The number of benzene rings is 3. The first kappa shape index (κ1) is 28.9. The molecule has 8 heteroatoms. The minimum Gasteiger partial charge on any atom is -0.354 e. The van der Waals surface area contributed by atoms with Crippen LogP contribution in [0.5, 0.6) is 0 Å². The van der Waals surface area contributed by atoms with Crippen LogP contribution in [0.3, 0.4) is 0 Å². The van der Waals surface area contributed by atoms with Gasteiger partial charge in [0.2, 0.25) is 21.8 Å². The molecule has 3 aromatic carbocycles. The third-order valence-corrected chi connectivity index (χ3v) is 7.37. The molecule has 0 aromatic heterocycles. The lowest BCUT2D eigenvalue weighted by molar-refractivity contribution is -0.140. The standard InChI is InChI=1S/C30H37N3O4S/c1-5-17-31-30(35)28(20-25-13-7-6-8-14-25)32(21-26-15-9-11-23(2)18-26)29(34)22-33(38(4,36)37)27-16-10-12-24(3)19-27/h6-16,18-19,28H,5,17,20-22H2,1-4H3,(H,31,35)/t28-/m0/s1. The summed E-state index contributed by atoms with van der Waals surface area (Å²) in [5, 5.41) is 2.94. The Morgan fingerprint density at radius 2 is 1.50 bits per heavy atom. The van der Waals surface area contributed by atoms with Crippen LogP contribution in [-0.2, 0) is 32.6 Å². The van der Waals surface area contributed by atoms with Gasteiger partial charge in [-0.3, -0.25) is 13.9 Å². The second-order valence-electron chi connectivity index (χ2n) is 9.62. The Hall–Kier alpha value is -3.65. The highest BCUT2D eigenvalue weighted by Crippen LogP contribution is 2.21. The highest BCUT2D eigenvalue weighted by atomic mass is 32.2. The minimum atomic E-state index is -3.78. The Morgan fingerprint density at radius 1 is 0.868 bits per heavy atom. The van der Waals surface area contributed by atoms with E-state index in [1.807, 2.05) is 81.4 Å². The molecule has 0 heterocycles. The molecular weight excluding hydrogens is 498 g/mol. The van der Waals surface area contributed by atoms with E-state index in [4.69, 9.17) is 0 Å². The van der Waals surface area contributed by atoms with E-state index in [-0.39, 0.29) is 12.5 Å². The van der Waals surface area contributed by atoms with E-state index < -0.39 is 28.5 Å². The number of amides is 2. The molecule has 3 aromatic rings. The first-order valence-electron chi connectivity index (χ1n) is 12.8. The highest BCUT2D eigenvalue weighted by molar-refractivity contribution is 7.92. The van der Waals surface area contributed by atoms with Gasteiger partial charge in [0.1, 0.15) is 12.6 Å². The Balaban J connectivity index is 2.04. The van der Waals surface area contributed by atoms with Crippen LogP contribution >= 0.6 is 0 Å². The number of carbonyl (C=O) groups excluding carboxylic acids is 2. The predicted octanol–water partition coefficient (Wildman–Crippen LogP) is 4.24. The van der Waals surface area contributed by atoms with Crippen LogP contribution in [0.4, 0.5) is 5.69 Å². The second-order valence-corrected chi connectivity index (χ2v) is 11.5. The third-order valence-electron chi connectivity index (χ3n) is 6.22. The summed E-state index contributed by atoms with van der Waals surface area (Å²) in [6.45, 7) is 6.03. The highest BCUT2D eigenvalue weighted by Gasteiger charge is 2.32. The maximum Gasteiger partial charge on any atom is 0.244 e. The van der Waals surface area contributed by atoms with Crippen LogP contribution in [0.2, 0.25) is 0 Å². The molecule has 0 aliphatic carbocycles. The molecule has 0 unspecified atom stereocenters. The molecule has 1 atom stereocenters. The van der Waals surface area contributed by atoms with Crippen molar-refractivity contribution in [3.8, 4) is 0 Å². The summed E-state index contributed by atoms with van der Waals surface area (Å²) in [4.78, 5) is 29.0. The second kappa shape index (κ2) is 13.2. The molecule has 202 valence electrons. The molecule has 0 bridgehead atoms. The van der Waals surface area contributed by atoms with Crippen LogP contribution < -0.4 is 9.62 Å². The first-order chi connectivity index (χ1) is 18.1. The largest absolute Gasteiger partial charge is 0.354 e. The van der Waals surface area contributed by atoms with Crippen molar-refractivity contribution in [1.82, 2.24) is 10.2 Å². The SMILES string of the molecule is CCCNC(=O)[C@H](Cc1ccccc1)N(Cc1cccc(C)c1)C(=O)CN(c1cccc(C)c1)S(C)(=O)=O. The van der Waals surface area contributed by atoms with Gasteiger partial charge in [-0.2, -0.15) is 0 Å². The van der Waals surface area contributed by atoms with Gasteiger partial charge >= 0.3 is 0 Å². The van der Waals surface area contributed by atoms with Crippen LogP contribution in [0.25, 0.3) is 0 Å². The lowest BCUT2D eigenvalue weighted by Crippen LogP contribution is -2.53. The van der Waals surface area contributed by atoms with Crippen molar-refractivity contribution in [2.75, 3.05) is 23.7 Å². The summed E-state index contributed by atoms with van der Waals surface area (Å²) in [5.41, 5.74) is 4.08. The summed E-state index contributed by atoms with van der Waals surface area (Å²) in [6, 6.07) is 23.5. The van der Waals surface area contributed by atoms with Crippen molar-refractivity contribution in [3.63, 3.8) is 0 Å². The van der Waals surface area contributed by atoms with Crippen molar-refractivity contribution in [2.24, 2.45) is 0 Å². The number of rotatable bonds is 12. The van der Waals surface area contributed by atoms with Crippen LogP contribution in [-0.4, -0.2) is 50.5 Å². The molecular formula is C30H37N3O4S. The zero-order chi connectivity index (χ0) is 27.7. The lowest BCUT2D eigenvalue weighted by atomic mass is 10.0. The fourth-order valence-corrected chi connectivity index (χ4v) is 5.17. The zero-order valence-corrected chi connectivity index (χ0v) is 23.4. The van der Waals surface area contributed by atoms with Crippen molar-refractivity contribution < 1.29 is 18.0 Å². The number of aryl methyl sites for hydroxylation is 2. The van der Waals surface area contributed by atoms with Gasteiger partial charge in [-0.1, -0.05) is 79.2 Å². The molecule has 3 rings (SSSR count). The molecule has 1 N–H and O–H groups in total. The minimum absolute atomic E-state index is 0.170. The zero-order valence-electron chi connectivity index (χ0n) is 22.6. The fourth-order valence-electron chi connectivity index (χ4n) is 4.32. The van der Waals surface area contributed by atoms with Crippen LogP contribution in [0, 0.1) is 13.8 Å². The molecule has 0 saturated heterocycles. The number of anilines is 1. The number of carbonyl (C=O) groups is 2. The fraction of sp³-hybridized carbons (Fsp3) is 0.333. The number of sulfonamides is 1. The van der Waals surface area contributed by atoms with E-state index in [2.05, 4.69) is 5.32 Å². The maximum absolute atomic E-state index is 14.0. The van der Waals surface area contributed by atoms with Gasteiger partial charge in [0.15, 0.2) is 0 Å². The van der Waals surface area contributed by atoms with E-state index in [0.717, 1.165) is 39.2 Å². The molecule has 0 aliphatic heterocycles. The van der Waals surface area contributed by atoms with Gasteiger partial charge in [-0.15, -0.1) is 0 Å². The van der Waals surface area contributed by atoms with E-state index in [9.17, 15) is 18.0 Å². The van der Waals surface area contributed by atoms with Crippen molar-refractivity contribution >= 4 is 27.5 Å². The Kier molecular flexibility index (Phi) is 10.1. The first-order valence-corrected chi connectivity index (χ1v) is 14.6. The molecule has 0 radical (unpaired) electrons. The number of nitrogens with one attached hydrogen (secondary N) is 1. The van der Waals surface area contributed by atoms with Gasteiger partial charge < -0.3 is 10.2 Å². The van der Waals surface area contributed by atoms with E-state index in [0.29, 0.717) is 18.7 Å². The average molecular weight is 536 g/mol. The Bertz CT molecular complexity index is 1340. The van der Waals surface area contributed by atoms with Crippen molar-refractivity contribution in [2.45, 2.75) is 46.2 Å². The summed E-state index contributed by atoms with van der Waals surface area (Å²) < 4.78 is 26.7. The van der Waals surface area contributed by atoms with Crippen LogP contribution in [0.1, 0.15) is 35.6 Å². The molecule has 0 fully saturated rings. The average Bonchev–Trinajstić information content (AvgIpc) is 2.87. The molecule has 0 saturated carbocycles. The monoisotopic (exact) mass is 535 g/mol. The van der Waals surface area contributed by atoms with Crippen molar-refractivity contribution in [3.05, 3.63) is 101 Å². The molecule has 2 amide bonds. The smallest absolute Gasteiger partial charge is 0.244 e. The number of hydrogen-bond donors (Lipinski definition) is 1. The molecule has 0 aliphatic rings. The summed E-state index contributed by atoms with van der Waals surface area (Å²) in [6.07, 6.45) is 2.14. The van der Waals surface area contributed by atoms with E-state index in [1.54, 1.807) is 18.2 Å². The topological polar surface area (TPSA) is 86.8 Å². The lowest BCUT2D eigenvalue weighted by Gasteiger charge is -2.33. The van der Waals surface area contributed by atoms with E-state index in [1.165, 1.54) is 4.90 Å². The summed E-state index contributed by atoms with van der Waals surface area (Å²) in [7, 11) is -3.78. The summed E-state index contributed by atoms with van der Waals surface area (Å²) >= 11 is 0. The molecule has 0 spiro atoms. The maximum atomic E-state index is 14.0. The Labute approximate surface area is 226 Å². The van der Waals surface area contributed by atoms with Gasteiger partial charge in [0.25, 0.3) is 0 Å². The summed E-state index contributed by atoms with van der Waals surface area (Å²) in [5.74, 6) is -0.718. The quantitative estimate of drug-likeness (QED) is 0.376.